The fourth-order valence-electron chi connectivity index (χ4n) is 3.92. The molecule has 2 aromatic carbocycles. The monoisotopic (exact) mass is 482 g/mol. The minimum absolute atomic E-state index is 0.0270. The van der Waals surface area contributed by atoms with Crippen molar-refractivity contribution in [3.63, 3.8) is 0 Å². The third kappa shape index (κ3) is 7.09. The number of likely N-dealkylation sites (tertiary alicyclic amines) is 1. The maximum atomic E-state index is 13.9. The number of benzene rings is 2. The molecule has 1 heterocycles. The molecule has 1 unspecified atom stereocenters. The smallest absolute Gasteiger partial charge is 0.429 e. The molecule has 0 spiro atoms. The van der Waals surface area contributed by atoms with Crippen LogP contribution >= 0.6 is 0 Å². The zero-order chi connectivity index (χ0) is 24.9. The van der Waals surface area contributed by atoms with Gasteiger partial charge < -0.3 is 19.3 Å². The van der Waals surface area contributed by atoms with Crippen molar-refractivity contribution >= 4 is 6.09 Å². The Morgan fingerprint density at radius 3 is 2.18 bits per heavy atom. The summed E-state index contributed by atoms with van der Waals surface area (Å²) in [6.45, 7) is 5.06. The van der Waals surface area contributed by atoms with Gasteiger partial charge in [-0.15, -0.1) is 0 Å². The molecule has 0 radical (unpaired) electrons. The fraction of sp³-hybridized carbons (Fsp3) is 0.480. The van der Waals surface area contributed by atoms with Gasteiger partial charge in [0.1, 0.15) is 11.6 Å². The largest absolute Gasteiger partial charge is 0.491 e. The second-order valence-corrected chi connectivity index (χ2v) is 8.83. The summed E-state index contributed by atoms with van der Waals surface area (Å²) < 4.78 is 65.7. The van der Waals surface area contributed by atoms with Gasteiger partial charge in [-0.1, -0.05) is 24.3 Å². The number of amides is 1. The van der Waals surface area contributed by atoms with Crippen LogP contribution in [0.2, 0.25) is 0 Å². The molecule has 1 aliphatic rings. The van der Waals surface area contributed by atoms with E-state index in [0.29, 0.717) is 37.2 Å². The molecule has 1 amide bonds. The van der Waals surface area contributed by atoms with Crippen molar-refractivity contribution in [2.45, 2.75) is 57.7 Å². The first-order chi connectivity index (χ1) is 16.0. The Balaban J connectivity index is 1.82. The van der Waals surface area contributed by atoms with Gasteiger partial charge in [0.2, 0.25) is 6.10 Å². The maximum absolute atomic E-state index is 13.9. The highest BCUT2D eigenvalue weighted by molar-refractivity contribution is 5.68. The molecular weight excluding hydrogens is 452 g/mol. The maximum Gasteiger partial charge on any atom is 0.429 e. The summed E-state index contributed by atoms with van der Waals surface area (Å²) in [6.07, 6.45) is -7.20. The zero-order valence-corrected chi connectivity index (χ0v) is 19.5. The van der Waals surface area contributed by atoms with Crippen molar-refractivity contribution in [3.8, 4) is 5.75 Å². The van der Waals surface area contributed by atoms with E-state index in [1.165, 1.54) is 53.4 Å². The fourth-order valence-corrected chi connectivity index (χ4v) is 3.92. The van der Waals surface area contributed by atoms with Gasteiger partial charge in [0.15, 0.2) is 0 Å². The first-order valence-electron chi connectivity index (χ1n) is 11.3. The number of alkyl halides is 3. The summed E-state index contributed by atoms with van der Waals surface area (Å²) >= 11 is 0. The lowest BCUT2D eigenvalue weighted by molar-refractivity contribution is -0.209. The van der Waals surface area contributed by atoms with Crippen molar-refractivity contribution in [1.29, 1.82) is 0 Å². The van der Waals surface area contributed by atoms with Crippen molar-refractivity contribution in [2.24, 2.45) is 0 Å². The summed E-state index contributed by atoms with van der Waals surface area (Å²) in [5.41, 5.74) is 0.415. The molecule has 0 bridgehead atoms. The number of rotatable bonds is 7. The van der Waals surface area contributed by atoms with Gasteiger partial charge in [0, 0.05) is 18.2 Å². The molecule has 0 aliphatic carbocycles. The number of piperidine rings is 1. The highest BCUT2D eigenvalue weighted by atomic mass is 19.4. The molecule has 34 heavy (non-hydrogen) atoms. The molecule has 5 nitrogen and oxygen atoms in total. The molecule has 1 atom stereocenters. The van der Waals surface area contributed by atoms with Crippen molar-refractivity contribution in [1.82, 2.24) is 9.80 Å². The number of hydrogen-bond donors (Lipinski definition) is 0. The van der Waals surface area contributed by atoms with Crippen LogP contribution in [-0.4, -0.2) is 54.4 Å². The van der Waals surface area contributed by atoms with Gasteiger partial charge in [-0.2, -0.15) is 13.2 Å². The lowest BCUT2D eigenvalue weighted by Crippen LogP contribution is -2.47. The van der Waals surface area contributed by atoms with E-state index in [9.17, 15) is 22.4 Å². The summed E-state index contributed by atoms with van der Waals surface area (Å²) in [5, 5.41) is 0. The van der Waals surface area contributed by atoms with Crippen LogP contribution in [0.3, 0.4) is 0 Å². The van der Waals surface area contributed by atoms with Crippen LogP contribution in [0.5, 0.6) is 5.75 Å². The van der Waals surface area contributed by atoms with Crippen LogP contribution in [0.15, 0.2) is 48.5 Å². The van der Waals surface area contributed by atoms with E-state index in [-0.39, 0.29) is 24.3 Å². The Labute approximate surface area is 197 Å². The second kappa shape index (κ2) is 11.1. The molecule has 1 aliphatic heterocycles. The number of hydrogen-bond acceptors (Lipinski definition) is 4. The summed E-state index contributed by atoms with van der Waals surface area (Å²) in [7, 11) is 1.95. The standard InChI is InChI=1S/C25H30F4N2O3/c1-17(2)33-22-10-6-19(7-11-22)23(25(27,28)29)34-24(32)31(21-12-14-30(3)15-13-21)16-18-4-8-20(26)9-5-18/h4-11,17,21,23H,12-16H2,1-3H3. The Hall–Kier alpha value is -2.81. The molecule has 1 fully saturated rings. The third-order valence-corrected chi connectivity index (χ3v) is 5.70. The quantitative estimate of drug-likeness (QED) is 0.458. The molecular formula is C25H30F4N2O3. The van der Waals surface area contributed by atoms with Crippen molar-refractivity contribution in [2.75, 3.05) is 20.1 Å². The topological polar surface area (TPSA) is 42.0 Å². The van der Waals surface area contributed by atoms with Gasteiger partial charge >= 0.3 is 12.3 Å². The van der Waals surface area contributed by atoms with E-state index in [0.717, 1.165) is 0 Å². The molecule has 2 aromatic rings. The summed E-state index contributed by atoms with van der Waals surface area (Å²) in [5.74, 6) is -0.00513. The SMILES string of the molecule is CC(C)Oc1ccc(C(OC(=O)N(Cc2ccc(F)cc2)C2CCN(C)CC2)C(F)(F)F)cc1. The van der Waals surface area contributed by atoms with Crippen LogP contribution in [0.1, 0.15) is 43.9 Å². The van der Waals surface area contributed by atoms with Gasteiger partial charge in [-0.25, -0.2) is 9.18 Å². The van der Waals surface area contributed by atoms with Crippen LogP contribution in [0.4, 0.5) is 22.4 Å². The first kappa shape index (κ1) is 25.8. The predicted molar refractivity (Wildman–Crippen MR) is 120 cm³/mol. The molecule has 9 heteroatoms. The van der Waals surface area contributed by atoms with E-state index in [1.807, 2.05) is 20.9 Å². The Morgan fingerprint density at radius 1 is 1.06 bits per heavy atom. The van der Waals surface area contributed by atoms with E-state index in [4.69, 9.17) is 9.47 Å². The lowest BCUT2D eigenvalue weighted by atomic mass is 10.0. The molecule has 0 saturated carbocycles. The highest BCUT2D eigenvalue weighted by Gasteiger charge is 2.45. The number of carbonyl (C=O) groups is 1. The average Bonchev–Trinajstić information content (AvgIpc) is 2.77. The van der Waals surface area contributed by atoms with Crippen LogP contribution in [-0.2, 0) is 11.3 Å². The van der Waals surface area contributed by atoms with Gasteiger partial charge in [-0.05, 0) is 76.7 Å². The number of nitrogens with zero attached hydrogens (tertiary/aromatic N) is 2. The van der Waals surface area contributed by atoms with Gasteiger partial charge in [0.05, 0.1) is 6.10 Å². The average molecular weight is 483 g/mol. The van der Waals surface area contributed by atoms with Crippen LogP contribution < -0.4 is 4.74 Å². The van der Waals surface area contributed by atoms with Crippen molar-refractivity contribution < 1.29 is 31.8 Å². The van der Waals surface area contributed by atoms with E-state index < -0.39 is 24.2 Å². The highest BCUT2D eigenvalue weighted by Crippen LogP contribution is 2.37. The van der Waals surface area contributed by atoms with Gasteiger partial charge in [0.25, 0.3) is 0 Å². The normalized spacial score (nSPS) is 16.4. The van der Waals surface area contributed by atoms with Gasteiger partial charge in [-0.3, -0.25) is 0 Å². The second-order valence-electron chi connectivity index (χ2n) is 8.83. The predicted octanol–water partition coefficient (Wildman–Crippen LogP) is 5.95. The summed E-state index contributed by atoms with van der Waals surface area (Å²) in [4.78, 5) is 16.6. The third-order valence-electron chi connectivity index (χ3n) is 5.70. The van der Waals surface area contributed by atoms with Crippen LogP contribution in [0, 0.1) is 5.82 Å². The number of ether oxygens (including phenoxy) is 2. The van der Waals surface area contributed by atoms with E-state index >= 15 is 0 Å². The molecule has 0 N–H and O–H groups in total. The van der Waals surface area contributed by atoms with Crippen molar-refractivity contribution in [3.05, 3.63) is 65.5 Å². The number of halogens is 4. The molecule has 3 rings (SSSR count). The number of carbonyl (C=O) groups excluding carboxylic acids is 1. The summed E-state index contributed by atoms with van der Waals surface area (Å²) in [6, 6.07) is 10.6. The first-order valence-corrected chi connectivity index (χ1v) is 11.3. The zero-order valence-electron chi connectivity index (χ0n) is 19.5. The Bertz CT molecular complexity index is 925. The Morgan fingerprint density at radius 2 is 1.65 bits per heavy atom. The van der Waals surface area contributed by atoms with E-state index in [2.05, 4.69) is 4.90 Å². The van der Waals surface area contributed by atoms with E-state index in [1.54, 1.807) is 0 Å². The molecule has 0 aromatic heterocycles. The lowest BCUT2D eigenvalue weighted by Gasteiger charge is -2.37. The Kier molecular flexibility index (Phi) is 8.41. The molecule has 1 saturated heterocycles. The van der Waals surface area contributed by atoms with Crippen LogP contribution in [0.25, 0.3) is 0 Å². The molecule has 186 valence electrons. The minimum atomic E-state index is -4.80. The minimum Gasteiger partial charge on any atom is -0.491 e.